The van der Waals surface area contributed by atoms with Gasteiger partial charge in [-0.05, 0) is 135 Å². The lowest BCUT2D eigenvalue weighted by Crippen LogP contribution is -2.58. The zero-order valence-corrected chi connectivity index (χ0v) is 37.0. The number of rotatable bonds is 4. The summed E-state index contributed by atoms with van der Waals surface area (Å²) in [6, 6.07) is 47.7. The van der Waals surface area contributed by atoms with Crippen molar-refractivity contribution in [2.75, 3.05) is 0 Å². The van der Waals surface area contributed by atoms with Crippen LogP contribution in [-0.4, -0.2) is 33.0 Å². The second-order valence-electron chi connectivity index (χ2n) is 16.4. The Labute approximate surface area is 371 Å². The van der Waals surface area contributed by atoms with E-state index >= 15 is 0 Å². The summed E-state index contributed by atoms with van der Waals surface area (Å²) >= 11 is 7.53. The monoisotopic (exact) mass is 856 g/mol. The van der Waals surface area contributed by atoms with Crippen LogP contribution in [0, 0.1) is 27.7 Å². The lowest BCUT2D eigenvalue weighted by Gasteiger charge is -2.33. The summed E-state index contributed by atoms with van der Waals surface area (Å²) < 4.78 is 10.7. The van der Waals surface area contributed by atoms with Gasteiger partial charge in [0.05, 0.1) is 29.0 Å². The van der Waals surface area contributed by atoms with E-state index in [1.165, 1.54) is 71.9 Å². The molecule has 0 fully saturated rings. The highest BCUT2D eigenvalue weighted by Crippen LogP contribution is 2.42. The molecule has 0 N–H and O–H groups in total. The van der Waals surface area contributed by atoms with Gasteiger partial charge in [-0.15, -0.1) is 0 Å². The Kier molecular flexibility index (Phi) is 8.03. The van der Waals surface area contributed by atoms with E-state index in [4.69, 9.17) is 14.6 Å². The van der Waals surface area contributed by atoms with Crippen molar-refractivity contribution in [2.24, 2.45) is 0 Å². The van der Waals surface area contributed by atoms with Crippen molar-refractivity contribution < 1.29 is 4.42 Å². The highest BCUT2D eigenvalue weighted by molar-refractivity contribution is 8.02. The molecule has 0 saturated heterocycles. The Balaban J connectivity index is 0.893. The molecule has 0 amide bonds. The molecule has 0 unspecified atom stereocenters. The molecule has 7 heterocycles. The molecule has 0 spiro atoms. The van der Waals surface area contributed by atoms with E-state index < -0.39 is 0 Å². The first kappa shape index (κ1) is 36.2. The van der Waals surface area contributed by atoms with Gasteiger partial charge in [0, 0.05) is 61.7 Å². The van der Waals surface area contributed by atoms with Gasteiger partial charge in [-0.1, -0.05) is 105 Å². The second-order valence-corrected chi connectivity index (χ2v) is 20.8. The van der Waals surface area contributed by atoms with Gasteiger partial charge in [0.1, 0.15) is 5.76 Å². The van der Waals surface area contributed by atoms with Gasteiger partial charge in [0.25, 0.3) is 0 Å². The minimum Gasteiger partial charge on any atom is -0.464 e. The quantitative estimate of drug-likeness (QED) is 0.164. The molecule has 61 heavy (non-hydrogen) atoms. The molecule has 0 atom stereocenters. The number of hydrogen-bond acceptors (Lipinski definition) is 7. The average molecular weight is 857 g/mol. The second kappa shape index (κ2) is 13.5. The molecule has 6 aromatic carbocycles. The number of benzene rings is 6. The molecule has 4 aliphatic heterocycles. The van der Waals surface area contributed by atoms with Crippen molar-refractivity contribution >= 4 is 93.2 Å². The van der Waals surface area contributed by atoms with Crippen molar-refractivity contribution in [1.82, 2.24) is 19.6 Å². The van der Waals surface area contributed by atoms with E-state index in [2.05, 4.69) is 164 Å². The molecule has 0 saturated carbocycles. The lowest BCUT2D eigenvalue weighted by molar-refractivity contribution is 0.583. The molecule has 0 aliphatic carbocycles. The summed E-state index contributed by atoms with van der Waals surface area (Å²) in [6.07, 6.45) is 1.94. The standard InChI is InChI=1S/C50H34B2N4OS4/c1-27-19-29(3)55(53-27)34-13-17-43-38(24-34)51-36-21-31(11-15-41(36)58-45-7-5-9-47(60-43)49(45)51)33-23-40(57-26-33)32-12-16-42-37(22-32)52-39-25-35(56-30(4)20-28(2)54-56)14-18-44(39)61-48-10-6-8-46(59-42)50(48)52/h5-26H,1-4H3. The Hall–Kier alpha value is -5.45. The smallest absolute Gasteiger partial charge is 0.247 e. The molecule has 290 valence electrons. The summed E-state index contributed by atoms with van der Waals surface area (Å²) in [5, 5.41) is 9.70. The van der Waals surface area contributed by atoms with Gasteiger partial charge in [-0.3, -0.25) is 0 Å². The van der Waals surface area contributed by atoms with Crippen LogP contribution in [0.4, 0.5) is 0 Å². The first-order valence-electron chi connectivity index (χ1n) is 20.5. The van der Waals surface area contributed by atoms with Crippen LogP contribution in [0.5, 0.6) is 0 Å². The van der Waals surface area contributed by atoms with Crippen LogP contribution in [0.3, 0.4) is 0 Å². The van der Waals surface area contributed by atoms with Gasteiger partial charge >= 0.3 is 0 Å². The van der Waals surface area contributed by atoms with Crippen molar-refractivity contribution in [3.63, 3.8) is 0 Å². The molecule has 13 rings (SSSR count). The fourth-order valence-corrected chi connectivity index (χ4v) is 14.6. The molecule has 4 aliphatic rings. The highest BCUT2D eigenvalue weighted by atomic mass is 32.2. The number of furan rings is 1. The van der Waals surface area contributed by atoms with Crippen molar-refractivity contribution in [1.29, 1.82) is 0 Å². The van der Waals surface area contributed by atoms with Gasteiger partial charge in [-0.2, -0.15) is 10.2 Å². The third-order valence-electron chi connectivity index (χ3n) is 12.5. The van der Waals surface area contributed by atoms with Crippen LogP contribution in [0.1, 0.15) is 22.8 Å². The van der Waals surface area contributed by atoms with E-state index in [9.17, 15) is 0 Å². The zero-order chi connectivity index (χ0) is 40.7. The Morgan fingerprint density at radius 3 is 1.31 bits per heavy atom. The molecule has 0 radical (unpaired) electrons. The lowest BCUT2D eigenvalue weighted by atomic mass is 9.36. The number of hydrogen-bond donors (Lipinski definition) is 0. The van der Waals surface area contributed by atoms with Crippen molar-refractivity contribution in [3.05, 3.63) is 156 Å². The summed E-state index contributed by atoms with van der Waals surface area (Å²) in [5.41, 5.74) is 18.0. The van der Waals surface area contributed by atoms with Crippen LogP contribution in [-0.2, 0) is 0 Å². The molecule has 0 bridgehead atoms. The zero-order valence-electron chi connectivity index (χ0n) is 33.7. The average Bonchev–Trinajstić information content (AvgIpc) is 4.00. The molecular weight excluding hydrogens is 822 g/mol. The predicted octanol–water partition coefficient (Wildman–Crippen LogP) is 9.11. The first-order valence-corrected chi connectivity index (χ1v) is 23.8. The van der Waals surface area contributed by atoms with E-state index in [1.807, 2.05) is 53.3 Å². The van der Waals surface area contributed by atoms with Crippen LogP contribution in [0.25, 0.3) is 33.8 Å². The maximum Gasteiger partial charge on any atom is 0.247 e. The third-order valence-corrected chi connectivity index (χ3v) is 17.2. The van der Waals surface area contributed by atoms with Gasteiger partial charge < -0.3 is 4.42 Å². The normalized spacial score (nSPS) is 13.9. The molecular formula is C50H34B2N4OS4. The highest BCUT2D eigenvalue weighted by Gasteiger charge is 2.40. The molecule has 11 heteroatoms. The number of aryl methyl sites for hydroxylation is 4. The van der Waals surface area contributed by atoms with Crippen LogP contribution in [0.2, 0.25) is 0 Å². The summed E-state index contributed by atoms with van der Waals surface area (Å²) in [4.78, 5) is 10.5. The minimum atomic E-state index is 0.106. The third kappa shape index (κ3) is 5.63. The number of aromatic nitrogens is 4. The molecule has 5 nitrogen and oxygen atoms in total. The number of nitrogens with zero attached hydrogens (tertiary/aromatic N) is 4. The van der Waals surface area contributed by atoms with Crippen LogP contribution in [0.15, 0.2) is 177 Å². The van der Waals surface area contributed by atoms with E-state index in [0.717, 1.165) is 56.6 Å². The maximum atomic E-state index is 6.51. The Morgan fingerprint density at radius 1 is 0.426 bits per heavy atom. The summed E-state index contributed by atoms with van der Waals surface area (Å²) in [5.74, 6) is 0.873. The molecule has 3 aromatic heterocycles. The Bertz CT molecular complexity index is 3120. The minimum absolute atomic E-state index is 0.106. The van der Waals surface area contributed by atoms with Gasteiger partial charge in [0.2, 0.25) is 13.4 Å². The van der Waals surface area contributed by atoms with Crippen LogP contribution < -0.4 is 32.8 Å². The number of fused-ring (bicyclic) bond motifs is 8. The SMILES string of the molecule is Cc1cc(C)n(-c2ccc3c(c2)B2c4cc(-c5coc(-c6ccc7c(c6)B6c8cc(-n9nc(C)cc9C)ccc8Sc8cccc(c86)S7)c5)ccc4Sc4cccc(c42)S3)n1. The maximum absolute atomic E-state index is 6.51. The van der Waals surface area contributed by atoms with Crippen LogP contribution >= 0.6 is 47.0 Å². The largest absolute Gasteiger partial charge is 0.464 e. The fraction of sp³-hybridized carbons (Fsp3) is 0.0800. The van der Waals surface area contributed by atoms with Gasteiger partial charge in [-0.25, -0.2) is 9.36 Å². The fourth-order valence-electron chi connectivity index (χ4n) is 9.86. The Morgan fingerprint density at radius 2 is 0.852 bits per heavy atom. The van der Waals surface area contributed by atoms with E-state index in [1.54, 1.807) is 0 Å². The molecule has 9 aromatic rings. The van der Waals surface area contributed by atoms with Gasteiger partial charge in [0.15, 0.2) is 0 Å². The van der Waals surface area contributed by atoms with Crippen molar-refractivity contribution in [2.45, 2.75) is 66.9 Å². The van der Waals surface area contributed by atoms with E-state index in [-0.39, 0.29) is 13.4 Å². The first-order chi connectivity index (χ1) is 29.8. The summed E-state index contributed by atoms with van der Waals surface area (Å²) in [6.45, 7) is 8.60. The topological polar surface area (TPSA) is 48.8 Å². The predicted molar refractivity (Wildman–Crippen MR) is 254 cm³/mol. The van der Waals surface area contributed by atoms with Crippen molar-refractivity contribution in [3.8, 4) is 33.8 Å². The van der Waals surface area contributed by atoms with E-state index in [0.29, 0.717) is 0 Å². The summed E-state index contributed by atoms with van der Waals surface area (Å²) in [7, 11) is 0.